The highest BCUT2D eigenvalue weighted by atomic mass is 19.4. The number of nitrogens with one attached hydrogen (secondary N) is 1. The van der Waals surface area contributed by atoms with Gasteiger partial charge in [-0.3, -0.25) is 38.9 Å². The maximum absolute atomic E-state index is 13.5. The molecule has 1 N–H and O–H groups in total. The van der Waals surface area contributed by atoms with E-state index in [0.29, 0.717) is 29.6 Å². The molecule has 7 amide bonds. The number of anilines is 1. The summed E-state index contributed by atoms with van der Waals surface area (Å²) in [6.45, 7) is 4.08. The number of halogens is 3. The molecule has 294 valence electrons. The van der Waals surface area contributed by atoms with Crippen LogP contribution in [0.3, 0.4) is 0 Å². The molecule has 3 aromatic rings. The summed E-state index contributed by atoms with van der Waals surface area (Å²) in [4.78, 5) is 79.3. The van der Waals surface area contributed by atoms with Crippen LogP contribution in [-0.4, -0.2) is 105 Å². The van der Waals surface area contributed by atoms with Gasteiger partial charge in [0.2, 0.25) is 11.8 Å². The number of rotatable bonds is 15. The van der Waals surface area contributed by atoms with Gasteiger partial charge in [-0.15, -0.1) is 5.10 Å². The Kier molecular flexibility index (Phi) is 11.2. The molecule has 2 saturated heterocycles. The second-order valence-corrected chi connectivity index (χ2v) is 13.4. The molecule has 0 spiro atoms. The summed E-state index contributed by atoms with van der Waals surface area (Å²) in [5, 5.41) is 19.4. The third-order valence-electron chi connectivity index (χ3n) is 9.40. The van der Waals surface area contributed by atoms with Crippen LogP contribution in [-0.2, 0) is 43.2 Å². The van der Waals surface area contributed by atoms with Crippen LogP contribution in [0.15, 0.2) is 42.6 Å². The summed E-state index contributed by atoms with van der Waals surface area (Å²) in [7, 11) is 0. The van der Waals surface area contributed by atoms with E-state index < -0.39 is 64.5 Å². The zero-order chi connectivity index (χ0) is 40.4. The number of carbonyl (C=O) groups excluding carboxylic acids is 6. The molecule has 56 heavy (non-hydrogen) atoms. The highest BCUT2D eigenvalue weighted by molar-refractivity contribution is 6.25. The predicted molar refractivity (Wildman–Crippen MR) is 184 cm³/mol. The van der Waals surface area contributed by atoms with Crippen molar-refractivity contribution >= 4 is 41.3 Å². The van der Waals surface area contributed by atoms with Crippen LogP contribution in [0.2, 0.25) is 0 Å². The number of aryl methyl sites for hydroxylation is 1. The standard InChI is InChI=1S/C36H35F3N8O9/c1-35(2)33(52)46(23-8-7-21(18-40)25(17-23)36(37,38)39)34(53)45(35)12-4-11-44-19-22(42-43-44)20-55-14-13-54-15-16-56-27-6-3-5-24-29(27)32(51)47(31(24)50)26-9-10-28(48)41-30(26)49/h3,5-8,17,19,26H,4,9-16,20H2,1-2H3,(H,41,48,49). The first-order valence-electron chi connectivity index (χ1n) is 17.4. The van der Waals surface area contributed by atoms with E-state index in [2.05, 4.69) is 15.6 Å². The van der Waals surface area contributed by atoms with Gasteiger partial charge >= 0.3 is 12.2 Å². The molecular formula is C36H35F3N8O9. The minimum atomic E-state index is -4.86. The predicted octanol–water partition coefficient (Wildman–Crippen LogP) is 2.82. The molecular weight excluding hydrogens is 745 g/mol. The molecule has 1 aromatic heterocycles. The molecule has 2 aromatic carbocycles. The minimum Gasteiger partial charge on any atom is -0.490 e. The van der Waals surface area contributed by atoms with Crippen molar-refractivity contribution in [3.05, 3.63) is 70.5 Å². The largest absolute Gasteiger partial charge is 0.490 e. The summed E-state index contributed by atoms with van der Waals surface area (Å²) >= 11 is 0. The monoisotopic (exact) mass is 780 g/mol. The van der Waals surface area contributed by atoms with Crippen molar-refractivity contribution in [1.29, 1.82) is 5.26 Å². The lowest BCUT2D eigenvalue weighted by atomic mass is 10.0. The van der Waals surface area contributed by atoms with Crippen LogP contribution < -0.4 is 15.0 Å². The Morgan fingerprint density at radius 3 is 2.46 bits per heavy atom. The zero-order valence-corrected chi connectivity index (χ0v) is 30.1. The molecule has 1 unspecified atom stereocenters. The molecule has 0 saturated carbocycles. The average Bonchev–Trinajstić information content (AvgIpc) is 3.76. The number of amides is 7. The quantitative estimate of drug-likeness (QED) is 0.134. The lowest BCUT2D eigenvalue weighted by Gasteiger charge is -2.27. The highest BCUT2D eigenvalue weighted by Crippen LogP contribution is 2.38. The average molecular weight is 781 g/mol. The van der Waals surface area contributed by atoms with E-state index in [1.807, 2.05) is 0 Å². The van der Waals surface area contributed by atoms with Gasteiger partial charge in [0.25, 0.3) is 17.7 Å². The highest BCUT2D eigenvalue weighted by Gasteiger charge is 2.52. The maximum Gasteiger partial charge on any atom is 0.417 e. The Hall–Kier alpha value is -6.20. The Balaban J connectivity index is 0.908. The van der Waals surface area contributed by atoms with E-state index in [4.69, 9.17) is 19.5 Å². The molecule has 3 aliphatic heterocycles. The van der Waals surface area contributed by atoms with E-state index in [9.17, 15) is 41.9 Å². The molecule has 3 aliphatic rings. The number of nitriles is 1. The van der Waals surface area contributed by atoms with Gasteiger partial charge in [-0.25, -0.2) is 9.69 Å². The fourth-order valence-electron chi connectivity index (χ4n) is 6.56. The van der Waals surface area contributed by atoms with Crippen molar-refractivity contribution in [2.45, 2.75) is 64.0 Å². The second kappa shape index (κ2) is 15.9. The molecule has 1 atom stereocenters. The van der Waals surface area contributed by atoms with Crippen molar-refractivity contribution < 1.29 is 56.1 Å². The Labute approximate surface area is 316 Å². The number of benzene rings is 2. The number of urea groups is 1. The maximum atomic E-state index is 13.5. The van der Waals surface area contributed by atoms with E-state index in [-0.39, 0.29) is 75.0 Å². The number of hydrogen-bond donors (Lipinski definition) is 1. The van der Waals surface area contributed by atoms with Crippen LogP contribution in [0.4, 0.5) is 23.7 Å². The molecule has 17 nitrogen and oxygen atoms in total. The van der Waals surface area contributed by atoms with E-state index in [1.54, 1.807) is 12.3 Å². The van der Waals surface area contributed by atoms with Crippen molar-refractivity contribution in [1.82, 2.24) is 30.1 Å². The van der Waals surface area contributed by atoms with Crippen LogP contribution >= 0.6 is 0 Å². The first-order chi connectivity index (χ1) is 26.6. The summed E-state index contributed by atoms with van der Waals surface area (Å²) < 4.78 is 59.1. The molecule has 20 heteroatoms. The second-order valence-electron chi connectivity index (χ2n) is 13.4. The topological polar surface area (TPSA) is 206 Å². The Morgan fingerprint density at radius 1 is 0.982 bits per heavy atom. The molecule has 0 radical (unpaired) electrons. The van der Waals surface area contributed by atoms with Gasteiger partial charge in [0, 0.05) is 19.5 Å². The molecule has 0 aliphatic carbocycles. The van der Waals surface area contributed by atoms with Gasteiger partial charge < -0.3 is 19.1 Å². The number of nitrogens with zero attached hydrogens (tertiary/aromatic N) is 7. The van der Waals surface area contributed by atoms with Crippen molar-refractivity contribution in [3.8, 4) is 11.8 Å². The van der Waals surface area contributed by atoms with Gasteiger partial charge in [-0.05, 0) is 57.0 Å². The number of piperidine rings is 1. The fraction of sp³-hybridized carbons (Fsp3) is 0.417. The first kappa shape index (κ1) is 39.5. The fourth-order valence-corrected chi connectivity index (χ4v) is 6.56. The van der Waals surface area contributed by atoms with Gasteiger partial charge in [-0.2, -0.15) is 18.4 Å². The third-order valence-corrected chi connectivity index (χ3v) is 9.40. The SMILES string of the molecule is CC1(C)C(=O)N(c2ccc(C#N)c(C(F)(F)F)c2)C(=O)N1CCCn1cc(COCCOCCOc2cccc3c2C(=O)N(C2CCC(=O)NC2=O)C3=O)nn1. The minimum absolute atomic E-state index is 0.00981. The molecule has 6 rings (SSSR count). The van der Waals surface area contributed by atoms with E-state index in [0.717, 1.165) is 17.0 Å². The van der Waals surface area contributed by atoms with Crippen molar-refractivity contribution in [2.75, 3.05) is 37.9 Å². The smallest absolute Gasteiger partial charge is 0.417 e. The number of alkyl halides is 3. The summed E-state index contributed by atoms with van der Waals surface area (Å²) in [6, 6.07) is 6.86. The lowest BCUT2D eigenvalue weighted by molar-refractivity contribution is -0.138. The summed E-state index contributed by atoms with van der Waals surface area (Å²) in [6.07, 6.45) is -2.83. The Bertz CT molecular complexity index is 2130. The molecule has 4 heterocycles. The number of aromatic nitrogens is 3. The number of fused-ring (bicyclic) bond motifs is 1. The normalized spacial score (nSPS) is 18.1. The Morgan fingerprint density at radius 2 is 1.73 bits per heavy atom. The lowest BCUT2D eigenvalue weighted by Crippen LogP contribution is -2.54. The van der Waals surface area contributed by atoms with Gasteiger partial charge in [0.05, 0.1) is 66.6 Å². The van der Waals surface area contributed by atoms with Crippen LogP contribution in [0, 0.1) is 11.3 Å². The number of carbonyl (C=O) groups is 6. The number of ether oxygens (including phenoxy) is 3. The van der Waals surface area contributed by atoms with Crippen LogP contribution in [0.1, 0.15) is 70.6 Å². The number of imide groups is 3. The molecule has 2 fully saturated rings. The van der Waals surface area contributed by atoms with Gasteiger partial charge in [0.1, 0.15) is 29.6 Å². The first-order valence-corrected chi connectivity index (χ1v) is 17.4. The van der Waals surface area contributed by atoms with E-state index in [1.165, 1.54) is 41.6 Å². The number of hydrogen-bond acceptors (Lipinski definition) is 12. The van der Waals surface area contributed by atoms with Crippen molar-refractivity contribution in [3.63, 3.8) is 0 Å². The van der Waals surface area contributed by atoms with Crippen molar-refractivity contribution in [2.24, 2.45) is 0 Å². The van der Waals surface area contributed by atoms with Crippen LogP contribution in [0.25, 0.3) is 0 Å². The van der Waals surface area contributed by atoms with Gasteiger partial charge in [-0.1, -0.05) is 11.3 Å². The summed E-state index contributed by atoms with van der Waals surface area (Å²) in [5.41, 5.74) is -2.84. The van der Waals surface area contributed by atoms with Gasteiger partial charge in [0.15, 0.2) is 0 Å². The third kappa shape index (κ3) is 7.81. The summed E-state index contributed by atoms with van der Waals surface area (Å²) in [5.74, 6) is -3.02. The van der Waals surface area contributed by atoms with E-state index >= 15 is 0 Å². The van der Waals surface area contributed by atoms with Crippen LogP contribution in [0.5, 0.6) is 5.75 Å². The molecule has 0 bridgehead atoms. The zero-order valence-electron chi connectivity index (χ0n) is 30.1.